The van der Waals surface area contributed by atoms with E-state index in [9.17, 15) is 9.59 Å². The van der Waals surface area contributed by atoms with Crippen LogP contribution in [0.4, 0.5) is 0 Å². The molecule has 2 aromatic carbocycles. The van der Waals surface area contributed by atoms with E-state index in [-0.39, 0.29) is 11.7 Å². The highest BCUT2D eigenvalue weighted by atomic mass is 79.9. The molecule has 0 radical (unpaired) electrons. The number of nitrogens with one attached hydrogen (secondary N) is 3. The van der Waals surface area contributed by atoms with Crippen molar-refractivity contribution in [2.24, 2.45) is 5.92 Å². The van der Waals surface area contributed by atoms with Crippen LogP contribution in [0.3, 0.4) is 0 Å². The van der Waals surface area contributed by atoms with E-state index in [0.717, 1.165) is 16.5 Å². The van der Waals surface area contributed by atoms with Gasteiger partial charge in [0.25, 0.3) is 11.8 Å². The molecule has 2 aromatic rings. The maximum absolute atomic E-state index is 12.7. The summed E-state index contributed by atoms with van der Waals surface area (Å²) in [6, 6.07) is 10.2. The van der Waals surface area contributed by atoms with Crippen LogP contribution in [0.5, 0.6) is 11.5 Å². The number of hydrazine groups is 1. The Balaban J connectivity index is 1.84. The van der Waals surface area contributed by atoms with Crippen molar-refractivity contribution in [2.45, 2.75) is 27.2 Å². The summed E-state index contributed by atoms with van der Waals surface area (Å²) in [6.45, 7) is 6.27. The lowest BCUT2D eigenvalue weighted by Gasteiger charge is -2.14. The normalized spacial score (nSPS) is 10.4. The summed E-state index contributed by atoms with van der Waals surface area (Å²) in [5.41, 5.74) is 6.01. The first-order valence-electron chi connectivity index (χ1n) is 9.87. The third kappa shape index (κ3) is 8.64. The van der Waals surface area contributed by atoms with Crippen LogP contribution in [-0.2, 0) is 4.79 Å². The Morgan fingerprint density at radius 2 is 1.88 bits per heavy atom. The van der Waals surface area contributed by atoms with Crippen LogP contribution < -0.4 is 25.6 Å². The van der Waals surface area contributed by atoms with E-state index in [1.807, 2.05) is 6.92 Å². The van der Waals surface area contributed by atoms with E-state index < -0.39 is 11.8 Å². The molecule has 0 saturated carbocycles. The lowest BCUT2D eigenvalue weighted by Crippen LogP contribution is -2.49. The fraction of sp³-hybridized carbons (Fsp3) is 0.318. The van der Waals surface area contributed by atoms with Crippen molar-refractivity contribution in [3.63, 3.8) is 0 Å². The first-order chi connectivity index (χ1) is 15.2. The topological polar surface area (TPSA) is 88.7 Å². The largest absolute Gasteiger partial charge is 0.493 e. The Bertz CT molecular complexity index is 988. The Kier molecular flexibility index (Phi) is 10.2. The molecule has 0 aliphatic rings. The maximum Gasteiger partial charge on any atom is 0.276 e. The second kappa shape index (κ2) is 12.6. The van der Waals surface area contributed by atoms with Crippen molar-refractivity contribution >= 4 is 56.7 Å². The smallest absolute Gasteiger partial charge is 0.276 e. The molecule has 0 aliphatic heterocycles. The van der Waals surface area contributed by atoms with Crippen molar-refractivity contribution in [1.82, 2.24) is 16.2 Å². The summed E-state index contributed by atoms with van der Waals surface area (Å²) in [6.07, 6.45) is 0.862. The van der Waals surface area contributed by atoms with E-state index in [2.05, 4.69) is 45.9 Å². The number of ether oxygens (including phenoxy) is 2. The summed E-state index contributed by atoms with van der Waals surface area (Å²) in [5, 5.41) is 3.06. The number of hydrogen-bond acceptors (Lipinski definition) is 5. The van der Waals surface area contributed by atoms with Crippen LogP contribution in [0.1, 0.15) is 36.2 Å². The maximum atomic E-state index is 12.7. The third-order valence-electron chi connectivity index (χ3n) is 4.18. The van der Waals surface area contributed by atoms with Gasteiger partial charge in [-0.2, -0.15) is 0 Å². The molecule has 3 N–H and O–H groups in total. The first-order valence-corrected chi connectivity index (χ1v) is 11.4. The minimum Gasteiger partial charge on any atom is -0.493 e. The minimum atomic E-state index is -0.477. The van der Waals surface area contributed by atoms with Gasteiger partial charge in [0, 0.05) is 9.50 Å². The molecule has 0 bridgehead atoms. The molecule has 7 nitrogen and oxygen atoms in total. The van der Waals surface area contributed by atoms with Gasteiger partial charge < -0.3 is 9.47 Å². The van der Waals surface area contributed by atoms with Gasteiger partial charge in [0.2, 0.25) is 0 Å². The molecule has 0 spiro atoms. The molecule has 0 atom stereocenters. The molecule has 2 amide bonds. The summed E-state index contributed by atoms with van der Waals surface area (Å²) >= 11 is 14.4. The van der Waals surface area contributed by atoms with E-state index in [0.29, 0.717) is 34.6 Å². The zero-order chi connectivity index (χ0) is 23.7. The van der Waals surface area contributed by atoms with E-state index in [1.54, 1.807) is 36.4 Å². The number of halogens is 2. The lowest BCUT2D eigenvalue weighted by molar-refractivity contribution is -0.123. The number of carbonyl (C=O) groups is 2. The number of benzene rings is 2. The van der Waals surface area contributed by atoms with E-state index in [1.165, 1.54) is 0 Å². The summed E-state index contributed by atoms with van der Waals surface area (Å²) in [4.78, 5) is 24.6. The van der Waals surface area contributed by atoms with Crippen LogP contribution in [0.25, 0.3) is 0 Å². The van der Waals surface area contributed by atoms with Gasteiger partial charge in [-0.1, -0.05) is 41.4 Å². The summed E-state index contributed by atoms with van der Waals surface area (Å²) in [7, 11) is 0. The number of rotatable bonds is 8. The number of amides is 2. The molecule has 0 saturated heterocycles. The fourth-order valence-electron chi connectivity index (χ4n) is 2.43. The first kappa shape index (κ1) is 25.9. The fourth-order valence-corrected chi connectivity index (χ4v) is 3.05. The number of thiocarbonyl (C=S) groups is 1. The van der Waals surface area contributed by atoms with Crippen LogP contribution in [0.2, 0.25) is 5.02 Å². The standard InChI is InChI=1S/C22H25BrClN3O4S/c1-13(2)8-9-30-19-7-4-15(23)11-17(19)21(29)25-22(32)27-26-20(28)12-31-16-5-6-18(24)14(3)10-16/h4-7,10-11,13H,8-9,12H2,1-3H3,(H,26,28)(H2,25,27,29,32). The van der Waals surface area contributed by atoms with Gasteiger partial charge in [-0.3, -0.25) is 25.8 Å². The Morgan fingerprint density at radius 1 is 1.12 bits per heavy atom. The highest BCUT2D eigenvalue weighted by molar-refractivity contribution is 9.10. The molecule has 2 rings (SSSR count). The molecule has 0 aliphatic carbocycles. The second-order valence-electron chi connectivity index (χ2n) is 7.33. The molecule has 0 aromatic heterocycles. The van der Waals surface area contributed by atoms with Crippen LogP contribution in [0, 0.1) is 12.8 Å². The van der Waals surface area contributed by atoms with Crippen molar-refractivity contribution < 1.29 is 19.1 Å². The van der Waals surface area contributed by atoms with Gasteiger partial charge in [-0.15, -0.1) is 0 Å². The Hall–Kier alpha value is -2.36. The number of carbonyl (C=O) groups excluding carboxylic acids is 2. The monoisotopic (exact) mass is 541 g/mol. The molecular weight excluding hydrogens is 518 g/mol. The Labute approximate surface area is 206 Å². The SMILES string of the molecule is Cc1cc(OCC(=O)NNC(=S)NC(=O)c2cc(Br)ccc2OCCC(C)C)ccc1Cl. The Morgan fingerprint density at radius 3 is 2.56 bits per heavy atom. The highest BCUT2D eigenvalue weighted by Gasteiger charge is 2.15. The van der Waals surface area contributed by atoms with Crippen molar-refractivity contribution in [2.75, 3.05) is 13.2 Å². The average molecular weight is 543 g/mol. The van der Waals surface area contributed by atoms with Crippen LogP contribution in [-0.4, -0.2) is 30.1 Å². The summed E-state index contributed by atoms with van der Waals surface area (Å²) < 4.78 is 11.9. The molecule has 10 heteroatoms. The predicted octanol–water partition coefficient (Wildman–Crippen LogP) is 4.55. The highest BCUT2D eigenvalue weighted by Crippen LogP contribution is 2.24. The number of hydrogen-bond donors (Lipinski definition) is 3. The van der Waals surface area contributed by atoms with Gasteiger partial charge in [-0.25, -0.2) is 0 Å². The van der Waals surface area contributed by atoms with Gasteiger partial charge in [0.15, 0.2) is 11.7 Å². The van der Waals surface area contributed by atoms with E-state index in [4.69, 9.17) is 33.3 Å². The van der Waals surface area contributed by atoms with Crippen molar-refractivity contribution in [1.29, 1.82) is 0 Å². The zero-order valence-electron chi connectivity index (χ0n) is 18.0. The molecule has 0 fully saturated rings. The quantitative estimate of drug-likeness (QED) is 0.335. The average Bonchev–Trinajstić information content (AvgIpc) is 2.73. The van der Waals surface area contributed by atoms with Gasteiger partial charge in [0.05, 0.1) is 12.2 Å². The van der Waals surface area contributed by atoms with Gasteiger partial charge in [-0.05, 0) is 73.4 Å². The minimum absolute atomic E-state index is 0.0706. The molecule has 172 valence electrons. The molecular formula is C22H25BrClN3O4S. The lowest BCUT2D eigenvalue weighted by atomic mass is 10.1. The van der Waals surface area contributed by atoms with Crippen LogP contribution >= 0.6 is 39.7 Å². The van der Waals surface area contributed by atoms with Gasteiger partial charge in [0.1, 0.15) is 11.5 Å². The van der Waals surface area contributed by atoms with Gasteiger partial charge >= 0.3 is 0 Å². The second-order valence-corrected chi connectivity index (χ2v) is 9.06. The van der Waals surface area contributed by atoms with Crippen molar-refractivity contribution in [3.8, 4) is 11.5 Å². The zero-order valence-corrected chi connectivity index (χ0v) is 21.1. The molecule has 32 heavy (non-hydrogen) atoms. The van der Waals surface area contributed by atoms with Crippen LogP contribution in [0.15, 0.2) is 40.9 Å². The summed E-state index contributed by atoms with van der Waals surface area (Å²) in [5.74, 6) is 0.498. The van der Waals surface area contributed by atoms with Crippen molar-refractivity contribution in [3.05, 3.63) is 57.0 Å². The molecule has 0 heterocycles. The third-order valence-corrected chi connectivity index (χ3v) is 5.30. The van der Waals surface area contributed by atoms with E-state index >= 15 is 0 Å². The predicted molar refractivity (Wildman–Crippen MR) is 132 cm³/mol. The molecule has 0 unspecified atom stereocenters. The number of aryl methyl sites for hydroxylation is 1.